The van der Waals surface area contributed by atoms with Gasteiger partial charge in [-0.3, -0.25) is 4.79 Å². The summed E-state index contributed by atoms with van der Waals surface area (Å²) < 4.78 is 16.8. The lowest BCUT2D eigenvalue weighted by atomic mass is 10.1. The minimum absolute atomic E-state index is 0.0555. The third-order valence-electron chi connectivity index (χ3n) is 3.48. The number of phenolic OH excluding ortho intramolecular Hbond substituents is 1. The fourth-order valence-electron chi connectivity index (χ4n) is 2.38. The van der Waals surface area contributed by atoms with Gasteiger partial charge >= 0.3 is 0 Å². The molecule has 0 atom stereocenters. The molecule has 0 bridgehead atoms. The molecular weight excluding hydrogens is 411 g/mol. The van der Waals surface area contributed by atoms with Crippen LogP contribution in [0.2, 0.25) is 0 Å². The maximum absolute atomic E-state index is 12.7. The van der Waals surface area contributed by atoms with Gasteiger partial charge in [0.15, 0.2) is 5.76 Å². The van der Waals surface area contributed by atoms with Crippen molar-refractivity contribution >= 4 is 33.6 Å². The Hall–Kier alpha value is -2.22. The first kappa shape index (κ1) is 15.7. The number of hydrogen-bond acceptors (Lipinski definition) is 5. The molecule has 0 fully saturated rings. The fourth-order valence-corrected chi connectivity index (χ4v) is 3.03. The Bertz CT molecular complexity index is 931. The molecule has 0 saturated carbocycles. The van der Waals surface area contributed by atoms with Gasteiger partial charge in [-0.2, -0.15) is 0 Å². The van der Waals surface area contributed by atoms with E-state index >= 15 is 0 Å². The molecule has 1 heterocycles. The van der Waals surface area contributed by atoms with Gasteiger partial charge in [-0.15, -0.1) is 0 Å². The first-order valence-electron chi connectivity index (χ1n) is 6.74. The maximum atomic E-state index is 12.7. The number of ether oxygens (including phenoxy) is 2. The molecule has 5 nitrogen and oxygen atoms in total. The van der Waals surface area contributed by atoms with Gasteiger partial charge in [0, 0.05) is 11.6 Å². The molecule has 2 aromatic carbocycles. The van der Waals surface area contributed by atoms with Crippen LogP contribution >= 0.6 is 22.6 Å². The van der Waals surface area contributed by atoms with E-state index in [9.17, 15) is 9.90 Å². The predicted octanol–water partition coefficient (Wildman–Crippen LogP) is 3.79. The first-order valence-corrected chi connectivity index (χ1v) is 7.82. The van der Waals surface area contributed by atoms with Crippen molar-refractivity contribution in [3.63, 3.8) is 0 Å². The van der Waals surface area contributed by atoms with Crippen molar-refractivity contribution in [1.29, 1.82) is 0 Å². The monoisotopic (exact) mass is 424 g/mol. The summed E-state index contributed by atoms with van der Waals surface area (Å²) in [7, 11) is 2.89. The Kier molecular flexibility index (Phi) is 4.16. The molecule has 6 heteroatoms. The zero-order valence-electron chi connectivity index (χ0n) is 12.4. The van der Waals surface area contributed by atoms with Gasteiger partial charge in [0.1, 0.15) is 22.5 Å². The molecule has 1 N–H and O–H groups in total. The Labute approximate surface area is 145 Å². The van der Waals surface area contributed by atoms with Gasteiger partial charge in [0.2, 0.25) is 11.2 Å². The number of aromatic hydroxyl groups is 1. The fraction of sp³-hybridized carbons (Fsp3) is 0.118. The number of halogens is 1. The van der Waals surface area contributed by atoms with E-state index in [1.54, 1.807) is 6.07 Å². The molecule has 3 aromatic rings. The van der Waals surface area contributed by atoms with Crippen LogP contribution in [0, 0.1) is 3.57 Å². The molecule has 0 aliphatic carbocycles. The van der Waals surface area contributed by atoms with Gasteiger partial charge in [-0.05, 0) is 22.6 Å². The second-order valence-corrected chi connectivity index (χ2v) is 5.85. The average molecular weight is 424 g/mol. The standard InChI is InChI=1S/C17H13IO5/c1-21-11-8-10-12(14(19)13(11)18)15(20)17(22-2)16(23-10)9-6-4-3-5-7-9/h3-8,19H,1-2H3. The van der Waals surface area contributed by atoms with E-state index in [4.69, 9.17) is 13.9 Å². The third kappa shape index (κ3) is 2.52. The van der Waals surface area contributed by atoms with Crippen LogP contribution in [0.25, 0.3) is 22.3 Å². The van der Waals surface area contributed by atoms with E-state index in [0.717, 1.165) is 0 Å². The number of rotatable bonds is 3. The minimum Gasteiger partial charge on any atom is -0.506 e. The van der Waals surface area contributed by atoms with Crippen LogP contribution in [0.3, 0.4) is 0 Å². The highest BCUT2D eigenvalue weighted by atomic mass is 127. The second-order valence-electron chi connectivity index (χ2n) is 4.77. The average Bonchev–Trinajstić information content (AvgIpc) is 2.58. The summed E-state index contributed by atoms with van der Waals surface area (Å²) in [4.78, 5) is 12.7. The molecule has 0 aliphatic rings. The van der Waals surface area contributed by atoms with Gasteiger partial charge in [0.05, 0.1) is 17.8 Å². The zero-order valence-corrected chi connectivity index (χ0v) is 14.6. The van der Waals surface area contributed by atoms with Gasteiger partial charge in [-0.25, -0.2) is 0 Å². The molecule has 0 radical (unpaired) electrons. The number of benzene rings is 2. The molecule has 0 amide bonds. The smallest absolute Gasteiger partial charge is 0.239 e. The van der Waals surface area contributed by atoms with E-state index in [2.05, 4.69) is 0 Å². The summed E-state index contributed by atoms with van der Waals surface area (Å²) in [5.41, 5.74) is 0.524. The van der Waals surface area contributed by atoms with Gasteiger partial charge in [0.25, 0.3) is 0 Å². The van der Waals surface area contributed by atoms with Gasteiger partial charge in [-0.1, -0.05) is 30.3 Å². The largest absolute Gasteiger partial charge is 0.506 e. The Balaban J connectivity index is 2.44. The topological polar surface area (TPSA) is 68.9 Å². The molecule has 1 aromatic heterocycles. The van der Waals surface area contributed by atoms with E-state index in [1.165, 1.54) is 14.2 Å². The lowest BCUT2D eigenvalue weighted by Gasteiger charge is -2.12. The molecule has 3 rings (SSSR count). The van der Waals surface area contributed by atoms with Crippen molar-refractivity contribution in [2.45, 2.75) is 0 Å². The number of methoxy groups -OCH3 is 2. The quantitative estimate of drug-likeness (QED) is 0.649. The van der Waals surface area contributed by atoms with Crippen LogP contribution < -0.4 is 14.9 Å². The van der Waals surface area contributed by atoms with Crippen LogP contribution in [0.1, 0.15) is 0 Å². The summed E-state index contributed by atoms with van der Waals surface area (Å²) in [5.74, 6) is 0.628. The van der Waals surface area contributed by atoms with Crippen molar-refractivity contribution in [2.75, 3.05) is 14.2 Å². The molecule has 23 heavy (non-hydrogen) atoms. The van der Waals surface area contributed by atoms with Crippen molar-refractivity contribution in [2.24, 2.45) is 0 Å². The number of fused-ring (bicyclic) bond motifs is 1. The van der Waals surface area contributed by atoms with Crippen molar-refractivity contribution in [3.8, 4) is 28.6 Å². The van der Waals surface area contributed by atoms with Crippen LogP contribution in [0.15, 0.2) is 45.6 Å². The van der Waals surface area contributed by atoms with E-state index < -0.39 is 5.43 Å². The van der Waals surface area contributed by atoms with Crippen LogP contribution in [-0.2, 0) is 0 Å². The normalized spacial score (nSPS) is 10.7. The lowest BCUT2D eigenvalue weighted by molar-refractivity contribution is 0.393. The highest BCUT2D eigenvalue weighted by molar-refractivity contribution is 14.1. The predicted molar refractivity (Wildman–Crippen MR) is 95.4 cm³/mol. The zero-order chi connectivity index (χ0) is 16.6. The SMILES string of the molecule is COc1cc2oc(-c3ccccc3)c(OC)c(=O)c2c(O)c1I. The van der Waals surface area contributed by atoms with E-state index in [1.807, 2.05) is 52.9 Å². The number of phenols is 1. The minimum atomic E-state index is -0.425. The Morgan fingerprint density at radius 1 is 1.13 bits per heavy atom. The highest BCUT2D eigenvalue weighted by Gasteiger charge is 2.22. The summed E-state index contributed by atoms with van der Waals surface area (Å²) in [6.45, 7) is 0. The number of hydrogen-bond donors (Lipinski definition) is 1. The summed E-state index contributed by atoms with van der Waals surface area (Å²) in [6, 6.07) is 10.8. The second kappa shape index (κ2) is 6.11. The van der Waals surface area contributed by atoms with Gasteiger partial charge < -0.3 is 19.0 Å². The van der Waals surface area contributed by atoms with E-state index in [-0.39, 0.29) is 22.5 Å². The van der Waals surface area contributed by atoms with Crippen molar-refractivity contribution < 1.29 is 19.0 Å². The highest BCUT2D eigenvalue weighted by Crippen LogP contribution is 2.39. The molecule has 0 spiro atoms. The van der Waals surface area contributed by atoms with Crippen molar-refractivity contribution in [1.82, 2.24) is 0 Å². The molecule has 0 saturated heterocycles. The molecule has 0 aliphatic heterocycles. The van der Waals surface area contributed by atoms with E-state index in [0.29, 0.717) is 20.6 Å². The molecular formula is C17H13IO5. The Morgan fingerprint density at radius 3 is 2.43 bits per heavy atom. The molecule has 0 unspecified atom stereocenters. The first-order chi connectivity index (χ1) is 11.1. The molecule has 118 valence electrons. The summed E-state index contributed by atoms with van der Waals surface area (Å²) in [5, 5.41) is 10.4. The lowest BCUT2D eigenvalue weighted by Crippen LogP contribution is -2.08. The van der Waals surface area contributed by atoms with Crippen molar-refractivity contribution in [3.05, 3.63) is 50.2 Å². The third-order valence-corrected chi connectivity index (χ3v) is 4.52. The maximum Gasteiger partial charge on any atom is 0.239 e. The van der Waals surface area contributed by atoms with Crippen LogP contribution in [0.4, 0.5) is 0 Å². The van der Waals surface area contributed by atoms with Crippen LogP contribution in [0.5, 0.6) is 17.2 Å². The Morgan fingerprint density at radius 2 is 1.83 bits per heavy atom. The summed E-state index contributed by atoms with van der Waals surface area (Å²) >= 11 is 1.92. The van der Waals surface area contributed by atoms with Crippen LogP contribution in [-0.4, -0.2) is 19.3 Å². The summed E-state index contributed by atoms with van der Waals surface area (Å²) in [6.07, 6.45) is 0.